The third kappa shape index (κ3) is 3.59. The molecule has 32 heavy (non-hydrogen) atoms. The molecule has 1 saturated carbocycles. The first kappa shape index (κ1) is 24.2. The Morgan fingerprint density at radius 1 is 1.09 bits per heavy atom. The summed E-state index contributed by atoms with van der Waals surface area (Å²) in [6, 6.07) is 0. The smallest absolute Gasteiger partial charge is 0.305 e. The number of ketones is 2. The molecular formula is C25H34O7. The van der Waals surface area contributed by atoms with Crippen LogP contribution in [0.25, 0.3) is 0 Å². The molecule has 0 aromatic carbocycles. The van der Waals surface area contributed by atoms with Crippen LogP contribution in [0.3, 0.4) is 0 Å². The predicted molar refractivity (Wildman–Crippen MR) is 116 cm³/mol. The summed E-state index contributed by atoms with van der Waals surface area (Å²) in [5, 5.41) is 11.3. The fourth-order valence-electron chi connectivity index (χ4n) is 6.29. The van der Waals surface area contributed by atoms with Crippen LogP contribution in [0.2, 0.25) is 0 Å². The fraction of sp³-hybridized carbons (Fsp3) is 0.680. The van der Waals surface area contributed by atoms with Crippen molar-refractivity contribution in [3.63, 3.8) is 0 Å². The monoisotopic (exact) mass is 446 g/mol. The number of allylic oxidation sites excluding steroid dienone is 2. The molecule has 1 fully saturated rings. The van der Waals surface area contributed by atoms with Gasteiger partial charge in [0.15, 0.2) is 6.10 Å². The molecule has 0 aliphatic heterocycles. The molecule has 7 nitrogen and oxygen atoms in total. The predicted octanol–water partition coefficient (Wildman–Crippen LogP) is 4.00. The van der Waals surface area contributed by atoms with Crippen LogP contribution >= 0.6 is 0 Å². The molecule has 1 N–H and O–H groups in total. The van der Waals surface area contributed by atoms with E-state index >= 15 is 0 Å². The van der Waals surface area contributed by atoms with Gasteiger partial charge in [-0.05, 0) is 24.2 Å². The number of rotatable bonds is 4. The van der Waals surface area contributed by atoms with Crippen LogP contribution in [-0.4, -0.2) is 40.8 Å². The molecule has 0 saturated heterocycles. The number of hydrogen-bond donors (Lipinski definition) is 1. The Morgan fingerprint density at radius 2 is 1.72 bits per heavy atom. The van der Waals surface area contributed by atoms with Crippen molar-refractivity contribution in [3.05, 3.63) is 22.5 Å². The van der Waals surface area contributed by atoms with Crippen LogP contribution < -0.4 is 0 Å². The van der Waals surface area contributed by atoms with E-state index < -0.39 is 47.0 Å². The summed E-state index contributed by atoms with van der Waals surface area (Å²) in [7, 11) is 0. The van der Waals surface area contributed by atoms with E-state index in [2.05, 4.69) is 0 Å². The Bertz CT molecular complexity index is 936. The maximum atomic E-state index is 13.5. The highest BCUT2D eigenvalue weighted by molar-refractivity contribution is 6.50. The van der Waals surface area contributed by atoms with Gasteiger partial charge >= 0.3 is 11.9 Å². The van der Waals surface area contributed by atoms with Crippen molar-refractivity contribution in [2.24, 2.45) is 22.7 Å². The van der Waals surface area contributed by atoms with Crippen molar-refractivity contribution in [3.8, 4) is 0 Å². The van der Waals surface area contributed by atoms with Crippen molar-refractivity contribution in [1.82, 2.24) is 0 Å². The molecule has 0 amide bonds. The van der Waals surface area contributed by atoms with Gasteiger partial charge in [0.05, 0.1) is 0 Å². The van der Waals surface area contributed by atoms with Gasteiger partial charge in [-0.2, -0.15) is 0 Å². The van der Waals surface area contributed by atoms with Crippen molar-refractivity contribution in [2.45, 2.75) is 86.4 Å². The van der Waals surface area contributed by atoms with Gasteiger partial charge in [0.2, 0.25) is 11.6 Å². The maximum Gasteiger partial charge on any atom is 0.305 e. The lowest BCUT2D eigenvalue weighted by Gasteiger charge is -2.58. The molecule has 3 aliphatic rings. The van der Waals surface area contributed by atoms with Crippen LogP contribution in [-0.2, 0) is 28.7 Å². The highest BCUT2D eigenvalue weighted by Gasteiger charge is 2.63. The first-order valence-corrected chi connectivity index (χ1v) is 11.4. The third-order valence-corrected chi connectivity index (χ3v) is 7.41. The van der Waals surface area contributed by atoms with E-state index in [0.717, 1.165) is 12.8 Å². The summed E-state index contributed by atoms with van der Waals surface area (Å²) in [5.74, 6) is -3.58. The Hall–Kier alpha value is -2.44. The van der Waals surface area contributed by atoms with Crippen LogP contribution in [0.5, 0.6) is 0 Å². The van der Waals surface area contributed by atoms with Crippen LogP contribution in [0.4, 0.5) is 0 Å². The van der Waals surface area contributed by atoms with Crippen LogP contribution in [0.1, 0.15) is 74.1 Å². The SMILES string of the molecule is CCC(=O)O[C@@H]1[C@@H](OC(C)=O)C2=C(C(=O)C(=O)C(C(C)C)=C2O)[C@@]2(C)CCCC(C)(C)[C@H]12. The number of aliphatic hydroxyl groups is 1. The van der Waals surface area contributed by atoms with Crippen molar-refractivity contribution >= 4 is 23.5 Å². The van der Waals surface area contributed by atoms with Gasteiger partial charge in [0.25, 0.3) is 0 Å². The first-order valence-electron chi connectivity index (χ1n) is 11.4. The van der Waals surface area contributed by atoms with Crippen molar-refractivity contribution in [1.29, 1.82) is 0 Å². The topological polar surface area (TPSA) is 107 Å². The Morgan fingerprint density at radius 3 is 2.25 bits per heavy atom. The summed E-state index contributed by atoms with van der Waals surface area (Å²) in [6.07, 6.45) is 0.309. The number of fused-ring (bicyclic) bond motifs is 2. The number of ether oxygens (including phenoxy) is 2. The van der Waals surface area contributed by atoms with E-state index in [4.69, 9.17) is 9.47 Å². The minimum absolute atomic E-state index is 0.00332. The molecule has 0 heterocycles. The molecule has 0 radical (unpaired) electrons. The number of carbonyl (C=O) groups is 4. The number of esters is 2. The maximum absolute atomic E-state index is 13.5. The van der Waals surface area contributed by atoms with Crippen LogP contribution in [0.15, 0.2) is 22.5 Å². The molecule has 0 aromatic rings. The second-order valence-corrected chi connectivity index (χ2v) is 10.4. The minimum atomic E-state index is -1.17. The average molecular weight is 447 g/mol. The van der Waals surface area contributed by atoms with E-state index in [0.29, 0.717) is 6.42 Å². The van der Waals surface area contributed by atoms with Gasteiger partial charge in [-0.1, -0.05) is 48.0 Å². The lowest BCUT2D eigenvalue weighted by Crippen LogP contribution is -2.61. The quantitative estimate of drug-likeness (QED) is 0.395. The summed E-state index contributed by atoms with van der Waals surface area (Å²) in [6.45, 7) is 12.3. The summed E-state index contributed by atoms with van der Waals surface area (Å²) < 4.78 is 11.6. The van der Waals surface area contributed by atoms with Gasteiger partial charge in [-0.3, -0.25) is 19.2 Å². The minimum Gasteiger partial charge on any atom is -0.507 e. The second-order valence-electron chi connectivity index (χ2n) is 10.4. The average Bonchev–Trinajstić information content (AvgIpc) is 2.66. The normalized spacial score (nSPS) is 31.9. The zero-order valence-corrected chi connectivity index (χ0v) is 20.0. The van der Waals surface area contributed by atoms with Crippen molar-refractivity contribution in [2.75, 3.05) is 0 Å². The molecule has 0 spiro atoms. The largest absolute Gasteiger partial charge is 0.507 e. The zero-order valence-electron chi connectivity index (χ0n) is 20.0. The Balaban J connectivity index is 2.39. The van der Waals surface area contributed by atoms with Gasteiger partial charge in [-0.25, -0.2) is 0 Å². The van der Waals surface area contributed by atoms with Gasteiger partial charge in [-0.15, -0.1) is 0 Å². The molecule has 7 heteroatoms. The number of Topliss-reactive ketones (excluding diaryl/α,β-unsaturated/α-hetero) is 2. The first-order chi connectivity index (χ1) is 14.8. The lowest BCUT2D eigenvalue weighted by molar-refractivity contribution is -0.186. The number of hydrogen-bond acceptors (Lipinski definition) is 7. The van der Waals surface area contributed by atoms with Crippen LogP contribution in [0, 0.1) is 22.7 Å². The standard InChI is InChI=1S/C25H34O7/c1-8-14(27)32-22-21(31-13(4)26)16-17(20(30)19(29)15(12(2)3)18(16)28)25(7)11-9-10-24(5,6)23(22)25/h12,21-23,28H,8-11H2,1-7H3/t21-,22+,23-,25+/m0/s1. The fourth-order valence-corrected chi connectivity index (χ4v) is 6.29. The number of aliphatic hydroxyl groups excluding tert-OH is 1. The van der Waals surface area contributed by atoms with Gasteiger partial charge in [0.1, 0.15) is 11.9 Å². The summed E-state index contributed by atoms with van der Waals surface area (Å²) >= 11 is 0. The zero-order chi connectivity index (χ0) is 24.2. The number of carbonyl (C=O) groups excluding carboxylic acids is 4. The molecule has 176 valence electrons. The summed E-state index contributed by atoms with van der Waals surface area (Å²) in [4.78, 5) is 51.1. The highest BCUT2D eigenvalue weighted by atomic mass is 16.6. The molecule has 4 atom stereocenters. The lowest BCUT2D eigenvalue weighted by atomic mass is 9.47. The van der Waals surface area contributed by atoms with Gasteiger partial charge in [0, 0.05) is 41.4 Å². The van der Waals surface area contributed by atoms with E-state index in [1.54, 1.807) is 20.8 Å². The second kappa shape index (κ2) is 8.16. The van der Waals surface area contributed by atoms with E-state index in [1.807, 2.05) is 20.8 Å². The van der Waals surface area contributed by atoms with E-state index in [-0.39, 0.29) is 40.2 Å². The van der Waals surface area contributed by atoms with E-state index in [9.17, 15) is 24.3 Å². The molecule has 3 aliphatic carbocycles. The van der Waals surface area contributed by atoms with Gasteiger partial charge < -0.3 is 14.6 Å². The highest BCUT2D eigenvalue weighted by Crippen LogP contribution is 2.62. The molecule has 3 rings (SSSR count). The summed E-state index contributed by atoms with van der Waals surface area (Å²) in [5.41, 5.74) is -0.862. The van der Waals surface area contributed by atoms with Crippen molar-refractivity contribution < 1.29 is 33.8 Å². The molecular weight excluding hydrogens is 412 g/mol. The Labute approximate surface area is 189 Å². The molecule has 0 bridgehead atoms. The third-order valence-electron chi connectivity index (χ3n) is 7.41. The molecule has 0 aromatic heterocycles. The van der Waals surface area contributed by atoms with E-state index in [1.165, 1.54) is 6.92 Å². The Kier molecular flexibility index (Phi) is 6.17. The molecule has 0 unspecified atom stereocenters.